The summed E-state index contributed by atoms with van der Waals surface area (Å²) in [6.07, 6.45) is 11.8. The summed E-state index contributed by atoms with van der Waals surface area (Å²) in [5.74, 6) is 1.37. The summed E-state index contributed by atoms with van der Waals surface area (Å²) >= 11 is 0. The third-order valence-corrected chi connectivity index (χ3v) is 5.04. The first-order chi connectivity index (χ1) is 12.8. The van der Waals surface area contributed by atoms with Crippen molar-refractivity contribution >= 4 is 0 Å². The van der Waals surface area contributed by atoms with E-state index in [0.717, 1.165) is 26.0 Å². The lowest BCUT2D eigenvalue weighted by Crippen LogP contribution is -2.29. The predicted molar refractivity (Wildman–Crippen MR) is 102 cm³/mol. The summed E-state index contributed by atoms with van der Waals surface area (Å²) in [5, 5.41) is 0. The molecule has 0 saturated carbocycles. The highest BCUT2D eigenvalue weighted by Crippen LogP contribution is 2.20. The van der Waals surface area contributed by atoms with Gasteiger partial charge in [0, 0.05) is 31.8 Å². The highest BCUT2D eigenvalue weighted by atomic mass is 16.7. The van der Waals surface area contributed by atoms with Gasteiger partial charge in [0.1, 0.15) is 6.61 Å². The summed E-state index contributed by atoms with van der Waals surface area (Å²) in [4.78, 5) is 6.81. The number of pyridine rings is 1. The van der Waals surface area contributed by atoms with Crippen LogP contribution in [0.15, 0.2) is 30.5 Å². The van der Waals surface area contributed by atoms with Gasteiger partial charge in [0.15, 0.2) is 6.29 Å². The highest BCUT2D eigenvalue weighted by molar-refractivity contribution is 5.20. The minimum absolute atomic E-state index is 0.0579. The number of piperidine rings is 1. The minimum Gasteiger partial charge on any atom is -0.473 e. The molecule has 2 saturated heterocycles. The summed E-state index contributed by atoms with van der Waals surface area (Å²) in [6, 6.07) is 4.13. The van der Waals surface area contributed by atoms with Crippen LogP contribution in [0.3, 0.4) is 0 Å². The molecule has 0 radical (unpaired) electrons. The van der Waals surface area contributed by atoms with Gasteiger partial charge in [0.2, 0.25) is 5.88 Å². The smallest absolute Gasteiger partial charge is 0.213 e. The Morgan fingerprint density at radius 1 is 1.23 bits per heavy atom. The lowest BCUT2D eigenvalue weighted by atomic mass is 10.0. The zero-order valence-electron chi connectivity index (χ0n) is 15.9. The molecule has 3 rings (SSSR count). The Hall–Kier alpha value is -1.43. The van der Waals surface area contributed by atoms with Gasteiger partial charge in [-0.1, -0.05) is 19.4 Å². The molecule has 2 atom stereocenters. The van der Waals surface area contributed by atoms with Crippen LogP contribution in [0.1, 0.15) is 44.6 Å². The fourth-order valence-electron chi connectivity index (χ4n) is 3.47. The Morgan fingerprint density at radius 3 is 2.92 bits per heavy atom. The van der Waals surface area contributed by atoms with Crippen molar-refractivity contribution in [3.05, 3.63) is 36.0 Å². The second-order valence-corrected chi connectivity index (χ2v) is 7.38. The number of nitrogens with zero attached hydrogens (tertiary/aromatic N) is 2. The molecule has 2 aliphatic heterocycles. The van der Waals surface area contributed by atoms with Crippen LogP contribution in [0.25, 0.3) is 0 Å². The Balaban J connectivity index is 1.34. The van der Waals surface area contributed by atoms with Crippen molar-refractivity contribution in [3.8, 4) is 5.88 Å². The Kier molecular flexibility index (Phi) is 7.92. The molecule has 26 heavy (non-hydrogen) atoms. The van der Waals surface area contributed by atoms with E-state index in [-0.39, 0.29) is 6.29 Å². The van der Waals surface area contributed by atoms with Gasteiger partial charge in [-0.3, -0.25) is 4.90 Å². The Morgan fingerprint density at radius 2 is 2.08 bits per heavy atom. The van der Waals surface area contributed by atoms with Crippen molar-refractivity contribution < 1.29 is 14.2 Å². The molecule has 2 fully saturated rings. The molecule has 5 heteroatoms. The summed E-state index contributed by atoms with van der Waals surface area (Å²) in [7, 11) is 0. The molecular weight excluding hydrogens is 328 g/mol. The molecule has 0 spiro atoms. The van der Waals surface area contributed by atoms with Gasteiger partial charge in [-0.15, -0.1) is 0 Å². The average molecular weight is 360 g/mol. The molecule has 1 aromatic heterocycles. The van der Waals surface area contributed by atoms with Crippen molar-refractivity contribution in [2.24, 2.45) is 5.92 Å². The zero-order chi connectivity index (χ0) is 18.0. The molecule has 3 heterocycles. The molecule has 0 N–H and O–H groups in total. The van der Waals surface area contributed by atoms with E-state index in [4.69, 9.17) is 14.2 Å². The number of likely N-dealkylation sites (tertiary alicyclic amines) is 1. The monoisotopic (exact) mass is 360 g/mol. The van der Waals surface area contributed by atoms with Crippen LogP contribution in [0, 0.1) is 5.92 Å². The molecule has 5 nitrogen and oxygen atoms in total. The quantitative estimate of drug-likeness (QED) is 0.660. The number of rotatable bonds is 8. The first-order valence-corrected chi connectivity index (χ1v) is 9.98. The molecule has 0 bridgehead atoms. The fraction of sp³-hybridized carbons (Fsp3) is 0.667. The molecule has 1 aromatic rings. The maximum atomic E-state index is 5.74. The summed E-state index contributed by atoms with van der Waals surface area (Å²) in [5.41, 5.74) is 1.27. The lowest BCUT2D eigenvalue weighted by Gasteiger charge is -2.26. The van der Waals surface area contributed by atoms with Crippen molar-refractivity contribution in [1.29, 1.82) is 0 Å². The molecule has 2 unspecified atom stereocenters. The number of aromatic nitrogens is 1. The molecular formula is C21H32N2O3. The van der Waals surface area contributed by atoms with Gasteiger partial charge < -0.3 is 14.2 Å². The van der Waals surface area contributed by atoms with Crippen LogP contribution in [0.2, 0.25) is 0 Å². The lowest BCUT2D eigenvalue weighted by molar-refractivity contribution is -0.166. The summed E-state index contributed by atoms with van der Waals surface area (Å²) < 4.78 is 17.1. The van der Waals surface area contributed by atoms with Crippen molar-refractivity contribution in [2.75, 3.05) is 32.9 Å². The van der Waals surface area contributed by atoms with Gasteiger partial charge in [0.05, 0.1) is 6.61 Å². The maximum absolute atomic E-state index is 5.74. The average Bonchev–Trinajstić information content (AvgIpc) is 2.66. The van der Waals surface area contributed by atoms with Crippen LogP contribution in [0.5, 0.6) is 5.88 Å². The van der Waals surface area contributed by atoms with Crippen molar-refractivity contribution in [1.82, 2.24) is 9.88 Å². The van der Waals surface area contributed by atoms with E-state index in [9.17, 15) is 0 Å². The Bertz CT molecular complexity index is 558. The van der Waals surface area contributed by atoms with Gasteiger partial charge in [-0.25, -0.2) is 4.98 Å². The third kappa shape index (κ3) is 6.71. The first-order valence-electron chi connectivity index (χ1n) is 9.98. The highest BCUT2D eigenvalue weighted by Gasteiger charge is 2.19. The van der Waals surface area contributed by atoms with Crippen LogP contribution in [-0.2, 0) is 16.0 Å². The van der Waals surface area contributed by atoms with Crippen LogP contribution >= 0.6 is 0 Å². The zero-order valence-corrected chi connectivity index (χ0v) is 15.9. The second kappa shape index (κ2) is 10.7. The largest absolute Gasteiger partial charge is 0.473 e. The number of hydrogen-bond donors (Lipinski definition) is 0. The second-order valence-electron chi connectivity index (χ2n) is 7.38. The van der Waals surface area contributed by atoms with Crippen molar-refractivity contribution in [3.63, 3.8) is 0 Å². The molecule has 2 aliphatic rings. The first kappa shape index (κ1) is 19.3. The van der Waals surface area contributed by atoms with E-state index in [1.54, 1.807) is 0 Å². The normalized spacial score (nSPS) is 24.8. The van der Waals surface area contributed by atoms with Crippen LogP contribution in [-0.4, -0.2) is 49.1 Å². The molecule has 0 aliphatic carbocycles. The van der Waals surface area contributed by atoms with Crippen LogP contribution in [0.4, 0.5) is 0 Å². The Labute approximate surface area is 157 Å². The van der Waals surface area contributed by atoms with E-state index >= 15 is 0 Å². The van der Waals surface area contributed by atoms with E-state index < -0.39 is 0 Å². The molecule has 144 valence electrons. The third-order valence-electron chi connectivity index (χ3n) is 5.04. The number of ether oxygens (including phenoxy) is 3. The van der Waals surface area contributed by atoms with E-state index in [0.29, 0.717) is 25.0 Å². The van der Waals surface area contributed by atoms with Crippen molar-refractivity contribution in [2.45, 2.75) is 51.9 Å². The molecule has 0 amide bonds. The van der Waals surface area contributed by atoms with E-state index in [1.807, 2.05) is 18.3 Å². The minimum atomic E-state index is -0.0579. The van der Waals surface area contributed by atoms with E-state index in [2.05, 4.69) is 28.9 Å². The van der Waals surface area contributed by atoms with Gasteiger partial charge in [0.25, 0.3) is 0 Å². The topological polar surface area (TPSA) is 43.8 Å². The predicted octanol–water partition coefficient (Wildman–Crippen LogP) is 3.79. The maximum Gasteiger partial charge on any atom is 0.213 e. The SMILES string of the molecule is CC1CCOC(OC/C=C\COc2cc(CN3CCCCC3)ccn2)C1. The standard InChI is InChI=1S/C21H32N2O3/c1-18-8-14-26-21(15-18)25-13-6-5-12-24-20-16-19(7-9-22-20)17-23-10-3-2-4-11-23/h5-7,9,16,18,21H,2-4,8,10-15,17H2,1H3/b6-5-. The van der Waals surface area contributed by atoms with Gasteiger partial charge in [-0.05, 0) is 56.0 Å². The molecule has 0 aromatic carbocycles. The fourth-order valence-corrected chi connectivity index (χ4v) is 3.47. The van der Waals surface area contributed by atoms with Gasteiger partial charge in [-0.2, -0.15) is 0 Å². The van der Waals surface area contributed by atoms with E-state index in [1.165, 1.54) is 37.9 Å². The van der Waals surface area contributed by atoms with Crippen LogP contribution < -0.4 is 4.74 Å². The number of hydrogen-bond acceptors (Lipinski definition) is 5. The van der Waals surface area contributed by atoms with Gasteiger partial charge >= 0.3 is 0 Å². The summed E-state index contributed by atoms with van der Waals surface area (Å²) in [6.45, 7) is 7.50.